The van der Waals surface area contributed by atoms with E-state index in [1.165, 1.54) is 12.1 Å². The van der Waals surface area contributed by atoms with Gasteiger partial charge in [0.05, 0.1) is 17.7 Å². The van der Waals surface area contributed by atoms with E-state index in [-0.39, 0.29) is 22.7 Å². The first-order chi connectivity index (χ1) is 8.61. The Morgan fingerprint density at radius 2 is 2.33 bits per heavy atom. The lowest BCUT2D eigenvalue weighted by Gasteiger charge is -2.18. The van der Waals surface area contributed by atoms with Crippen LogP contribution in [-0.4, -0.2) is 38.3 Å². The molecule has 0 aliphatic carbocycles. The summed E-state index contributed by atoms with van der Waals surface area (Å²) >= 11 is 5.64. The summed E-state index contributed by atoms with van der Waals surface area (Å²) in [6.07, 6.45) is -0.0932. The van der Waals surface area contributed by atoms with Gasteiger partial charge >= 0.3 is 0 Å². The minimum absolute atomic E-state index is 0.0128. The number of amides is 1. The summed E-state index contributed by atoms with van der Waals surface area (Å²) in [5, 5.41) is 6.11. The van der Waals surface area contributed by atoms with Crippen LogP contribution in [0.4, 0.5) is 4.39 Å². The van der Waals surface area contributed by atoms with Gasteiger partial charge < -0.3 is 15.4 Å². The summed E-state index contributed by atoms with van der Waals surface area (Å²) in [4.78, 5) is 11.9. The number of carbonyl (C=O) groups excluding carboxylic acids is 1. The van der Waals surface area contributed by atoms with Gasteiger partial charge in [0.1, 0.15) is 5.82 Å². The van der Waals surface area contributed by atoms with Gasteiger partial charge in [-0.2, -0.15) is 0 Å². The predicted octanol–water partition coefficient (Wildman–Crippen LogP) is 1.20. The monoisotopic (exact) mass is 272 g/mol. The minimum atomic E-state index is -0.625. The molecule has 1 aromatic carbocycles. The molecule has 1 unspecified atom stereocenters. The van der Waals surface area contributed by atoms with Crippen LogP contribution in [0.1, 0.15) is 10.4 Å². The van der Waals surface area contributed by atoms with Crippen molar-refractivity contribution in [3.8, 4) is 0 Å². The van der Waals surface area contributed by atoms with Gasteiger partial charge in [0, 0.05) is 25.2 Å². The lowest BCUT2D eigenvalue weighted by molar-refractivity contribution is 0.0777. The van der Waals surface area contributed by atoms with Gasteiger partial charge in [-0.25, -0.2) is 4.39 Å². The van der Waals surface area contributed by atoms with Gasteiger partial charge in [0.25, 0.3) is 5.91 Å². The molecule has 6 heteroatoms. The van der Waals surface area contributed by atoms with E-state index in [9.17, 15) is 9.18 Å². The van der Waals surface area contributed by atoms with E-state index in [0.29, 0.717) is 13.1 Å². The molecule has 2 rings (SSSR count). The standard InChI is InChI=1S/C12H14ClFN2O2/c1-18-11-6-15-5-10(11)16-12(17)8-3-2-7(13)4-9(8)14/h2-4,10-11,15H,5-6H2,1H3,(H,16,17)/t10?,11-/m1/s1. The summed E-state index contributed by atoms with van der Waals surface area (Å²) in [7, 11) is 1.58. The van der Waals surface area contributed by atoms with Crippen molar-refractivity contribution < 1.29 is 13.9 Å². The molecule has 1 aliphatic heterocycles. The van der Waals surface area contributed by atoms with Crippen LogP contribution >= 0.6 is 11.6 Å². The maximum atomic E-state index is 13.6. The summed E-state index contributed by atoms with van der Waals surface area (Å²) in [6.45, 7) is 1.28. The number of carbonyl (C=O) groups is 1. The number of nitrogens with one attached hydrogen (secondary N) is 2. The molecule has 1 aliphatic rings. The van der Waals surface area contributed by atoms with Crippen LogP contribution in [0.25, 0.3) is 0 Å². The van der Waals surface area contributed by atoms with Gasteiger partial charge in [-0.05, 0) is 18.2 Å². The molecule has 4 nitrogen and oxygen atoms in total. The maximum Gasteiger partial charge on any atom is 0.254 e. The molecular weight excluding hydrogens is 259 g/mol. The Kier molecular flexibility index (Phi) is 4.16. The third-order valence-corrected chi connectivity index (χ3v) is 3.19. The first kappa shape index (κ1) is 13.3. The summed E-state index contributed by atoms with van der Waals surface area (Å²) in [5.41, 5.74) is -0.0128. The number of rotatable bonds is 3. The van der Waals surface area contributed by atoms with Gasteiger partial charge in [-0.1, -0.05) is 11.6 Å². The topological polar surface area (TPSA) is 50.4 Å². The molecule has 0 radical (unpaired) electrons. The third-order valence-electron chi connectivity index (χ3n) is 2.95. The molecule has 0 bridgehead atoms. The average Bonchev–Trinajstić information content (AvgIpc) is 2.76. The molecule has 98 valence electrons. The summed E-state index contributed by atoms with van der Waals surface area (Å²) in [6, 6.07) is 3.83. The number of hydrogen-bond donors (Lipinski definition) is 2. The van der Waals surface area contributed by atoms with E-state index in [1.54, 1.807) is 7.11 Å². The molecule has 1 amide bonds. The zero-order chi connectivity index (χ0) is 13.1. The Balaban J connectivity index is 2.07. The molecular formula is C12H14ClFN2O2. The van der Waals surface area contributed by atoms with Crippen molar-refractivity contribution in [3.05, 3.63) is 34.6 Å². The van der Waals surface area contributed by atoms with E-state index in [0.717, 1.165) is 6.07 Å². The fraction of sp³-hybridized carbons (Fsp3) is 0.417. The average molecular weight is 273 g/mol. The highest BCUT2D eigenvalue weighted by molar-refractivity contribution is 6.30. The van der Waals surface area contributed by atoms with Crippen LogP contribution in [0.3, 0.4) is 0 Å². The van der Waals surface area contributed by atoms with Crippen molar-refractivity contribution in [3.63, 3.8) is 0 Å². The van der Waals surface area contributed by atoms with E-state index in [4.69, 9.17) is 16.3 Å². The van der Waals surface area contributed by atoms with E-state index < -0.39 is 11.7 Å². The summed E-state index contributed by atoms with van der Waals surface area (Å²) in [5.74, 6) is -1.08. The van der Waals surface area contributed by atoms with E-state index >= 15 is 0 Å². The quantitative estimate of drug-likeness (QED) is 0.869. The van der Waals surface area contributed by atoms with Gasteiger partial charge in [-0.15, -0.1) is 0 Å². The Morgan fingerprint density at radius 1 is 1.56 bits per heavy atom. The van der Waals surface area contributed by atoms with Crippen molar-refractivity contribution in [2.45, 2.75) is 12.1 Å². The largest absolute Gasteiger partial charge is 0.378 e. The molecule has 18 heavy (non-hydrogen) atoms. The molecule has 2 N–H and O–H groups in total. The van der Waals surface area contributed by atoms with Crippen molar-refractivity contribution in [2.75, 3.05) is 20.2 Å². The highest BCUT2D eigenvalue weighted by atomic mass is 35.5. The van der Waals surface area contributed by atoms with Crippen LogP contribution < -0.4 is 10.6 Å². The SMILES string of the molecule is CO[C@@H]1CNCC1NC(=O)c1ccc(Cl)cc1F. The van der Waals surface area contributed by atoms with Crippen LogP contribution in [0.2, 0.25) is 5.02 Å². The molecule has 0 aromatic heterocycles. The predicted molar refractivity (Wildman–Crippen MR) is 66.3 cm³/mol. The molecule has 1 aromatic rings. The van der Waals surface area contributed by atoms with E-state index in [1.807, 2.05) is 0 Å². The number of halogens is 2. The lowest BCUT2D eigenvalue weighted by Crippen LogP contribution is -2.43. The van der Waals surface area contributed by atoms with Gasteiger partial charge in [0.15, 0.2) is 0 Å². The zero-order valence-corrected chi connectivity index (χ0v) is 10.6. The van der Waals surface area contributed by atoms with Crippen molar-refractivity contribution in [2.24, 2.45) is 0 Å². The second-order valence-electron chi connectivity index (χ2n) is 4.14. The zero-order valence-electron chi connectivity index (χ0n) is 9.87. The first-order valence-corrected chi connectivity index (χ1v) is 5.99. The second kappa shape index (κ2) is 5.65. The Labute approximate surface area is 109 Å². The molecule has 1 saturated heterocycles. The molecule has 1 heterocycles. The fourth-order valence-electron chi connectivity index (χ4n) is 1.97. The van der Waals surface area contributed by atoms with Crippen molar-refractivity contribution in [1.29, 1.82) is 0 Å². The van der Waals surface area contributed by atoms with E-state index in [2.05, 4.69) is 10.6 Å². The molecule has 0 spiro atoms. The Bertz CT molecular complexity index is 456. The van der Waals surface area contributed by atoms with Crippen LogP contribution in [0.15, 0.2) is 18.2 Å². The Morgan fingerprint density at radius 3 is 3.00 bits per heavy atom. The summed E-state index contributed by atoms with van der Waals surface area (Å²) < 4.78 is 18.8. The van der Waals surface area contributed by atoms with Gasteiger partial charge in [0.2, 0.25) is 0 Å². The smallest absolute Gasteiger partial charge is 0.254 e. The fourth-order valence-corrected chi connectivity index (χ4v) is 2.12. The van der Waals surface area contributed by atoms with Crippen molar-refractivity contribution >= 4 is 17.5 Å². The van der Waals surface area contributed by atoms with Crippen molar-refractivity contribution in [1.82, 2.24) is 10.6 Å². The number of hydrogen-bond acceptors (Lipinski definition) is 3. The molecule has 2 atom stereocenters. The van der Waals surface area contributed by atoms with Crippen LogP contribution in [0.5, 0.6) is 0 Å². The Hall–Kier alpha value is -1.17. The molecule has 1 fully saturated rings. The third kappa shape index (κ3) is 2.80. The highest BCUT2D eigenvalue weighted by Gasteiger charge is 2.29. The lowest BCUT2D eigenvalue weighted by atomic mass is 10.1. The second-order valence-corrected chi connectivity index (χ2v) is 4.57. The van der Waals surface area contributed by atoms with Crippen LogP contribution in [-0.2, 0) is 4.74 Å². The van der Waals surface area contributed by atoms with Gasteiger partial charge in [-0.3, -0.25) is 4.79 Å². The number of methoxy groups -OCH3 is 1. The van der Waals surface area contributed by atoms with Crippen LogP contribution in [0, 0.1) is 5.82 Å². The first-order valence-electron chi connectivity index (χ1n) is 5.61. The maximum absolute atomic E-state index is 13.6. The molecule has 0 saturated carbocycles. The number of ether oxygens (including phenoxy) is 1. The number of benzene rings is 1. The normalized spacial score (nSPS) is 23.1. The minimum Gasteiger partial charge on any atom is -0.378 e. The highest BCUT2D eigenvalue weighted by Crippen LogP contribution is 2.15.